The minimum atomic E-state index is -5.50. The number of amides is 4. The highest BCUT2D eigenvalue weighted by atomic mass is 32.2. The Kier molecular flexibility index (Phi) is 16.7. The van der Waals surface area contributed by atoms with Gasteiger partial charge < -0.3 is 13.3 Å². The fraction of sp³-hybridized carbons (Fsp3) is 0.424. The number of sulfone groups is 1. The summed E-state index contributed by atoms with van der Waals surface area (Å²) in [6.07, 6.45) is -20.2. The molecule has 0 bridgehead atoms. The number of halogens is 12. The van der Waals surface area contributed by atoms with Gasteiger partial charge in [0.1, 0.15) is 54.7 Å². The van der Waals surface area contributed by atoms with E-state index in [1.807, 2.05) is 35.4 Å². The maximum atomic E-state index is 12.2. The zero-order valence-corrected chi connectivity index (χ0v) is 40.4. The Morgan fingerprint density at radius 2 is 0.986 bits per heavy atom. The van der Waals surface area contributed by atoms with Crippen molar-refractivity contribution in [3.8, 4) is 5.75 Å². The number of alkyl halides is 12. The van der Waals surface area contributed by atoms with Crippen molar-refractivity contribution in [2.24, 2.45) is 24.3 Å². The molecule has 4 amide bonds. The van der Waals surface area contributed by atoms with E-state index in [-0.39, 0.29) is 13.5 Å². The van der Waals surface area contributed by atoms with Gasteiger partial charge in [0.15, 0.2) is 9.84 Å². The zero-order valence-electron chi connectivity index (χ0n) is 35.5. The SMILES string of the molecule is C=S1(=O)N(CC(F)(F)F)C(=O)CC(=O)N1CC(F)(F)F.Cn1/c(=N/N=c2/sc3cc(OS(C)=O)ccc3n2C)sc2cc(S(C)(=O)=O)ccc21.O=C1CC(=O)N(CC(F)(F)F)S(=O)(=O)N1CC(F)(F)F. The fourth-order valence-corrected chi connectivity index (χ4v) is 12.0. The van der Waals surface area contributed by atoms with Crippen molar-refractivity contribution in [3.05, 3.63) is 46.0 Å². The van der Waals surface area contributed by atoms with Crippen LogP contribution in [0.5, 0.6) is 5.75 Å². The lowest BCUT2D eigenvalue weighted by atomic mass is 10.3. The highest BCUT2D eigenvalue weighted by molar-refractivity contribution is 7.97. The van der Waals surface area contributed by atoms with E-state index in [0.717, 1.165) is 20.4 Å². The number of carbonyl (C=O) groups excluding carboxylic acids is 4. The van der Waals surface area contributed by atoms with Gasteiger partial charge in [-0.25, -0.2) is 34.1 Å². The molecule has 37 heteroatoms. The molecular weight excluding hydrogens is 1100 g/mol. The summed E-state index contributed by atoms with van der Waals surface area (Å²) in [7, 11) is -9.51. The Morgan fingerprint density at radius 1 is 0.643 bits per heavy atom. The monoisotopic (exact) mass is 1140 g/mol. The number of hydrogen-bond acceptors (Lipinski definition) is 15. The van der Waals surface area contributed by atoms with E-state index in [0.29, 0.717) is 15.4 Å². The highest BCUT2D eigenvalue weighted by Gasteiger charge is 2.51. The largest absolute Gasteiger partial charge is 0.407 e. The lowest BCUT2D eigenvalue weighted by Gasteiger charge is -2.38. The van der Waals surface area contributed by atoms with Gasteiger partial charge in [-0.1, -0.05) is 22.7 Å². The van der Waals surface area contributed by atoms with Crippen LogP contribution in [0.3, 0.4) is 0 Å². The van der Waals surface area contributed by atoms with Gasteiger partial charge in [0.25, 0.3) is 0 Å². The summed E-state index contributed by atoms with van der Waals surface area (Å²) in [4.78, 5) is 46.4. The van der Waals surface area contributed by atoms with Crippen LogP contribution in [0.2, 0.25) is 0 Å². The standard InChI is InChI=1S/C18H18N4O4S4.C8H8F6N2O3S.C7H6F6N2O4S/c1-21-13-7-5-11(26-29(3)23)9-15(13)27-17(21)19-20-18-22(2)14-8-6-12(30(4,24)25)10-16(14)28-18;1-20(19)15(3-7(9,10)11)5(17)2-6(18)16(20)4-8(12,13)14;8-6(9,10)2-14-4(16)1-5(17)15(20(14,18)19)3-7(11,12)13/h5-10H,1-4H3;1-4H2;1-3H2/b19-17+,20-18-;;. The number of aromatic nitrogens is 2. The quantitative estimate of drug-likeness (QED) is 0.108. The molecule has 0 N–H and O–H groups in total. The van der Waals surface area contributed by atoms with Crippen molar-refractivity contribution in [2.45, 2.75) is 42.4 Å². The molecule has 0 saturated carbocycles. The minimum absolute atomic E-state index is 0.280. The van der Waals surface area contributed by atoms with Crippen LogP contribution in [0.25, 0.3) is 20.4 Å². The van der Waals surface area contributed by atoms with Gasteiger partial charge >= 0.3 is 34.9 Å². The van der Waals surface area contributed by atoms with Crippen LogP contribution in [0.4, 0.5) is 52.7 Å². The maximum absolute atomic E-state index is 12.2. The minimum Gasteiger partial charge on any atom is -0.401 e. The van der Waals surface area contributed by atoms with Crippen LogP contribution in [0.15, 0.2) is 51.5 Å². The third kappa shape index (κ3) is 14.7. The molecule has 70 heavy (non-hydrogen) atoms. The molecule has 4 aromatic rings. The molecule has 2 aliphatic heterocycles. The predicted molar refractivity (Wildman–Crippen MR) is 225 cm³/mol. The van der Waals surface area contributed by atoms with Crippen molar-refractivity contribution < 1.29 is 101 Å². The molecule has 0 radical (unpaired) electrons. The molecule has 6 rings (SSSR count). The summed E-state index contributed by atoms with van der Waals surface area (Å²) >= 11 is 1.43. The number of fused-ring (bicyclic) bond motifs is 2. The predicted octanol–water partition coefficient (Wildman–Crippen LogP) is 3.42. The number of nitrogens with zero attached hydrogens (tertiary/aromatic N) is 8. The molecule has 0 aliphatic carbocycles. The molecule has 2 saturated heterocycles. The molecule has 1 unspecified atom stereocenters. The van der Waals surface area contributed by atoms with Gasteiger partial charge in [0, 0.05) is 32.7 Å². The Morgan fingerprint density at radius 3 is 1.34 bits per heavy atom. The molecule has 2 fully saturated rings. The number of thiazole rings is 2. The normalized spacial score (nSPS) is 18.0. The van der Waals surface area contributed by atoms with Gasteiger partial charge in [-0.3, -0.25) is 19.2 Å². The average Bonchev–Trinajstić information content (AvgIpc) is 3.67. The summed E-state index contributed by atoms with van der Waals surface area (Å²) in [5, 5.41) is 8.81. The van der Waals surface area contributed by atoms with E-state index in [4.69, 9.17) is 4.18 Å². The number of aryl methyl sites for hydroxylation is 2. The van der Waals surface area contributed by atoms with E-state index in [1.165, 1.54) is 35.2 Å². The van der Waals surface area contributed by atoms with Crippen LogP contribution in [0.1, 0.15) is 12.8 Å². The van der Waals surface area contributed by atoms with Gasteiger partial charge in [-0.15, -0.1) is 10.2 Å². The highest BCUT2D eigenvalue weighted by Crippen LogP contribution is 2.30. The molecule has 4 heterocycles. The molecule has 2 aromatic heterocycles. The third-order valence-corrected chi connectivity index (χ3v) is 16.2. The number of hydrogen-bond donors (Lipinski definition) is 0. The first-order chi connectivity index (χ1) is 31.6. The maximum Gasteiger partial charge on any atom is 0.407 e. The molecule has 2 aliphatic rings. The first-order valence-corrected chi connectivity index (χ1v) is 26.3. The third-order valence-electron chi connectivity index (χ3n) is 8.68. The summed E-state index contributed by atoms with van der Waals surface area (Å²) in [6, 6.07) is 10.5. The van der Waals surface area contributed by atoms with E-state index in [1.54, 1.807) is 24.3 Å². The molecule has 390 valence electrons. The Labute approximate surface area is 396 Å². The van der Waals surface area contributed by atoms with E-state index in [2.05, 4.69) is 16.1 Å². The van der Waals surface area contributed by atoms with E-state index in [9.17, 15) is 97.1 Å². The van der Waals surface area contributed by atoms with Crippen LogP contribution < -0.4 is 13.8 Å². The molecule has 2 aromatic carbocycles. The number of carbonyl (C=O) groups is 4. The Hall–Kier alpha value is -5.27. The second kappa shape index (κ2) is 20.5. The number of benzene rings is 2. The molecule has 1 atom stereocenters. The summed E-state index contributed by atoms with van der Waals surface area (Å²) in [5.74, 6) is -3.19. The van der Waals surface area contributed by atoms with Gasteiger partial charge in [0.05, 0.1) is 25.3 Å². The van der Waals surface area contributed by atoms with Crippen molar-refractivity contribution in [1.29, 1.82) is 0 Å². The summed E-state index contributed by atoms with van der Waals surface area (Å²) in [6.45, 7) is -8.68. The van der Waals surface area contributed by atoms with Crippen molar-refractivity contribution in [2.75, 3.05) is 38.7 Å². The molecular formula is C33H32F12N8O11S6. The van der Waals surface area contributed by atoms with Crippen molar-refractivity contribution in [1.82, 2.24) is 26.4 Å². The van der Waals surface area contributed by atoms with Crippen LogP contribution in [-0.4, -0.2) is 145 Å². The van der Waals surface area contributed by atoms with Crippen molar-refractivity contribution in [3.63, 3.8) is 0 Å². The summed E-state index contributed by atoms with van der Waals surface area (Å²) in [5.41, 5.74) is 1.85. The summed E-state index contributed by atoms with van der Waals surface area (Å²) < 4.78 is 225. The zero-order chi connectivity index (χ0) is 53.5. The van der Waals surface area contributed by atoms with Gasteiger partial charge in [0.2, 0.25) is 44.3 Å². The second-order valence-corrected chi connectivity index (χ2v) is 23.1. The van der Waals surface area contributed by atoms with Crippen LogP contribution in [0, 0.1) is 0 Å². The van der Waals surface area contributed by atoms with E-state index >= 15 is 0 Å². The Bertz CT molecular complexity index is 3060. The average molecular weight is 1140 g/mol. The second-order valence-electron chi connectivity index (χ2n) is 14.2. The van der Waals surface area contributed by atoms with Crippen LogP contribution in [-0.2, 0) is 74.3 Å². The number of rotatable bonds is 8. The lowest BCUT2D eigenvalue weighted by molar-refractivity contribution is -0.163. The first kappa shape index (κ1) is 57.3. The molecule has 19 nitrogen and oxygen atoms in total. The fourth-order valence-electron chi connectivity index (χ4n) is 5.72. The van der Waals surface area contributed by atoms with Gasteiger partial charge in [-0.05, 0) is 36.2 Å². The van der Waals surface area contributed by atoms with Crippen LogP contribution >= 0.6 is 22.7 Å². The van der Waals surface area contributed by atoms with E-state index < -0.39 is 137 Å². The first-order valence-electron chi connectivity index (χ1n) is 18.2. The van der Waals surface area contributed by atoms with Gasteiger partial charge in [-0.2, -0.15) is 61.1 Å². The van der Waals surface area contributed by atoms with Crippen molar-refractivity contribution >= 4 is 114 Å². The lowest BCUT2D eigenvalue weighted by Crippen LogP contribution is -2.58. The Balaban J connectivity index is 0.000000237. The topological polar surface area (TPSA) is 227 Å². The molecule has 0 spiro atoms. The smallest absolute Gasteiger partial charge is 0.401 e.